The van der Waals surface area contributed by atoms with Crippen LogP contribution in [0.5, 0.6) is 0 Å². The highest BCUT2D eigenvalue weighted by atomic mass is 35.5. The van der Waals surface area contributed by atoms with Crippen molar-refractivity contribution in [3.05, 3.63) is 63.8 Å². The molecule has 6 heteroatoms. The summed E-state index contributed by atoms with van der Waals surface area (Å²) >= 11 is 5.77. The topological polar surface area (TPSA) is 52.7 Å². The number of halogens is 1. The molecule has 0 aliphatic carbocycles. The summed E-state index contributed by atoms with van der Waals surface area (Å²) in [5.41, 5.74) is 3.50. The second-order valence-corrected chi connectivity index (χ2v) is 5.87. The number of aromatic nitrogens is 4. The number of nitrogens with zero attached hydrogens (tertiary/aromatic N) is 4. The SMILES string of the molecule is C=C(Cl)Cn1cnc2c(cnn2-c2cc(C)cc(C)c2)c1=O. The Morgan fingerprint density at radius 2 is 1.95 bits per heavy atom. The molecule has 0 atom stereocenters. The van der Waals surface area contributed by atoms with E-state index in [1.165, 1.54) is 17.1 Å². The van der Waals surface area contributed by atoms with E-state index in [9.17, 15) is 4.79 Å². The first-order chi connectivity index (χ1) is 10.5. The van der Waals surface area contributed by atoms with Crippen molar-refractivity contribution in [2.45, 2.75) is 20.4 Å². The summed E-state index contributed by atoms with van der Waals surface area (Å²) in [4.78, 5) is 16.8. The van der Waals surface area contributed by atoms with Crippen molar-refractivity contribution in [1.82, 2.24) is 19.3 Å². The number of rotatable bonds is 3. The van der Waals surface area contributed by atoms with Gasteiger partial charge in [0.25, 0.3) is 5.56 Å². The molecule has 0 amide bonds. The van der Waals surface area contributed by atoms with Gasteiger partial charge >= 0.3 is 0 Å². The Labute approximate surface area is 132 Å². The van der Waals surface area contributed by atoms with E-state index >= 15 is 0 Å². The van der Waals surface area contributed by atoms with Crippen molar-refractivity contribution < 1.29 is 0 Å². The van der Waals surface area contributed by atoms with Gasteiger partial charge in [-0.05, 0) is 37.1 Å². The predicted molar refractivity (Wildman–Crippen MR) is 87.6 cm³/mol. The van der Waals surface area contributed by atoms with Crippen LogP contribution in [0.4, 0.5) is 0 Å². The zero-order chi connectivity index (χ0) is 15.9. The zero-order valence-corrected chi connectivity index (χ0v) is 13.1. The molecule has 3 aromatic rings. The number of aryl methyl sites for hydroxylation is 2. The zero-order valence-electron chi connectivity index (χ0n) is 12.4. The molecule has 0 aliphatic heterocycles. The number of hydrogen-bond acceptors (Lipinski definition) is 3. The van der Waals surface area contributed by atoms with Gasteiger partial charge in [-0.1, -0.05) is 24.2 Å². The van der Waals surface area contributed by atoms with E-state index in [4.69, 9.17) is 11.6 Å². The minimum Gasteiger partial charge on any atom is -0.293 e. The smallest absolute Gasteiger partial charge is 0.264 e. The molecule has 0 saturated carbocycles. The van der Waals surface area contributed by atoms with Gasteiger partial charge in [-0.3, -0.25) is 9.36 Å². The molecule has 22 heavy (non-hydrogen) atoms. The molecule has 0 fully saturated rings. The minimum absolute atomic E-state index is 0.178. The summed E-state index contributed by atoms with van der Waals surface area (Å²) in [6.07, 6.45) is 3.01. The maximum absolute atomic E-state index is 12.4. The van der Waals surface area contributed by atoms with Crippen molar-refractivity contribution in [2.24, 2.45) is 0 Å². The van der Waals surface area contributed by atoms with Crippen LogP contribution in [0.1, 0.15) is 11.1 Å². The van der Waals surface area contributed by atoms with E-state index in [2.05, 4.69) is 22.7 Å². The summed E-state index contributed by atoms with van der Waals surface area (Å²) in [5, 5.41) is 5.15. The van der Waals surface area contributed by atoms with Crippen molar-refractivity contribution >= 4 is 22.6 Å². The van der Waals surface area contributed by atoms with Crippen molar-refractivity contribution in [3.8, 4) is 5.69 Å². The maximum atomic E-state index is 12.4. The van der Waals surface area contributed by atoms with Gasteiger partial charge in [-0.15, -0.1) is 0 Å². The van der Waals surface area contributed by atoms with Gasteiger partial charge in [0.1, 0.15) is 11.7 Å². The summed E-state index contributed by atoms with van der Waals surface area (Å²) in [7, 11) is 0. The van der Waals surface area contributed by atoms with E-state index in [0.29, 0.717) is 16.1 Å². The van der Waals surface area contributed by atoms with Crippen LogP contribution in [0.2, 0.25) is 0 Å². The minimum atomic E-state index is -0.178. The first-order valence-corrected chi connectivity index (χ1v) is 7.18. The second-order valence-electron chi connectivity index (χ2n) is 5.33. The van der Waals surface area contributed by atoms with E-state index in [-0.39, 0.29) is 12.1 Å². The van der Waals surface area contributed by atoms with Crippen LogP contribution in [0.15, 0.2) is 47.1 Å². The molecular weight excluding hydrogens is 300 g/mol. The second kappa shape index (κ2) is 5.42. The Morgan fingerprint density at radius 1 is 1.27 bits per heavy atom. The summed E-state index contributed by atoms with van der Waals surface area (Å²) in [5.74, 6) is 0. The third-order valence-electron chi connectivity index (χ3n) is 3.35. The van der Waals surface area contributed by atoms with Crippen molar-refractivity contribution in [1.29, 1.82) is 0 Å². The lowest BCUT2D eigenvalue weighted by molar-refractivity contribution is 0.756. The number of hydrogen-bond donors (Lipinski definition) is 0. The fraction of sp³-hybridized carbons (Fsp3) is 0.188. The third-order valence-corrected chi connectivity index (χ3v) is 3.47. The molecule has 2 heterocycles. The van der Waals surface area contributed by atoms with Crippen molar-refractivity contribution in [3.63, 3.8) is 0 Å². The normalized spacial score (nSPS) is 11.0. The van der Waals surface area contributed by atoms with Crippen LogP contribution < -0.4 is 5.56 Å². The number of allylic oxidation sites excluding steroid dienone is 1. The van der Waals surface area contributed by atoms with E-state index in [1.54, 1.807) is 4.68 Å². The number of fused-ring (bicyclic) bond motifs is 1. The monoisotopic (exact) mass is 314 g/mol. The molecule has 0 aliphatic rings. The van der Waals surface area contributed by atoms with Crippen molar-refractivity contribution in [2.75, 3.05) is 0 Å². The van der Waals surface area contributed by atoms with Gasteiger partial charge in [0.05, 0.1) is 18.4 Å². The summed E-state index contributed by atoms with van der Waals surface area (Å²) in [6, 6.07) is 6.10. The summed E-state index contributed by atoms with van der Waals surface area (Å²) < 4.78 is 3.10. The largest absolute Gasteiger partial charge is 0.293 e. The maximum Gasteiger partial charge on any atom is 0.264 e. The van der Waals surface area contributed by atoms with Gasteiger partial charge in [-0.2, -0.15) is 5.10 Å². The Balaban J connectivity index is 2.19. The average molecular weight is 315 g/mol. The van der Waals surface area contributed by atoms with E-state index in [1.807, 2.05) is 26.0 Å². The molecule has 0 N–H and O–H groups in total. The quantitative estimate of drug-likeness (QED) is 0.747. The fourth-order valence-electron chi connectivity index (χ4n) is 2.51. The molecule has 2 aromatic heterocycles. The van der Waals surface area contributed by atoms with Gasteiger partial charge in [0.15, 0.2) is 5.65 Å². The van der Waals surface area contributed by atoms with Crippen LogP contribution in [-0.4, -0.2) is 19.3 Å². The standard InChI is InChI=1S/C16H15ClN4O/c1-10-4-11(2)6-13(5-10)21-15-14(7-19-21)16(22)20(9-18-15)8-12(3)17/h4-7,9H,3,8H2,1-2H3. The molecule has 5 nitrogen and oxygen atoms in total. The van der Waals surface area contributed by atoms with E-state index < -0.39 is 0 Å². The lowest BCUT2D eigenvalue weighted by Crippen LogP contribution is -2.20. The van der Waals surface area contributed by atoms with Gasteiger partial charge < -0.3 is 0 Å². The molecule has 112 valence electrons. The van der Waals surface area contributed by atoms with Gasteiger partial charge in [-0.25, -0.2) is 9.67 Å². The molecule has 0 spiro atoms. The lowest BCUT2D eigenvalue weighted by atomic mass is 10.1. The summed E-state index contributed by atoms with van der Waals surface area (Å²) in [6.45, 7) is 7.88. The van der Waals surface area contributed by atoms with Crippen LogP contribution in [0.3, 0.4) is 0 Å². The Kier molecular flexibility index (Phi) is 3.58. The lowest BCUT2D eigenvalue weighted by Gasteiger charge is -2.07. The highest BCUT2D eigenvalue weighted by Gasteiger charge is 2.12. The molecule has 0 unspecified atom stereocenters. The molecule has 0 bridgehead atoms. The van der Waals surface area contributed by atoms with Gasteiger partial charge in [0.2, 0.25) is 0 Å². The fourth-order valence-corrected chi connectivity index (χ4v) is 2.64. The van der Waals surface area contributed by atoms with Gasteiger partial charge in [0, 0.05) is 5.03 Å². The van der Waals surface area contributed by atoms with Crippen LogP contribution >= 0.6 is 11.6 Å². The average Bonchev–Trinajstić information content (AvgIpc) is 2.85. The third kappa shape index (κ3) is 2.55. The molecule has 1 aromatic carbocycles. The predicted octanol–water partition coefficient (Wildman–Crippen LogP) is 2.95. The Hall–Kier alpha value is -2.40. The van der Waals surface area contributed by atoms with Crippen LogP contribution in [0, 0.1) is 13.8 Å². The highest BCUT2D eigenvalue weighted by Crippen LogP contribution is 2.17. The van der Waals surface area contributed by atoms with E-state index in [0.717, 1.165) is 16.8 Å². The Morgan fingerprint density at radius 3 is 2.59 bits per heavy atom. The molecular formula is C16H15ClN4O. The Bertz CT molecular complexity index is 919. The first kappa shape index (κ1) is 14.5. The molecule has 0 radical (unpaired) electrons. The van der Waals surface area contributed by atoms with Crippen LogP contribution in [0.25, 0.3) is 16.7 Å². The highest BCUT2D eigenvalue weighted by molar-refractivity contribution is 6.29. The number of benzene rings is 1. The molecule has 0 saturated heterocycles. The first-order valence-electron chi connectivity index (χ1n) is 6.81. The van der Waals surface area contributed by atoms with Crippen LogP contribution in [-0.2, 0) is 6.54 Å². The molecule has 3 rings (SSSR count).